The number of hydrogen-bond donors (Lipinski definition) is 1. The summed E-state index contributed by atoms with van der Waals surface area (Å²) in [5, 5.41) is 3.13. The molecule has 1 aromatic rings. The molecule has 1 saturated heterocycles. The lowest BCUT2D eigenvalue weighted by molar-refractivity contribution is -0.137. The number of rotatable bonds is 6. The van der Waals surface area contributed by atoms with Gasteiger partial charge in [0, 0.05) is 30.6 Å². The van der Waals surface area contributed by atoms with Gasteiger partial charge in [-0.25, -0.2) is 0 Å². The Labute approximate surface area is 168 Å². The number of carbonyl (C=O) groups is 2. The highest BCUT2D eigenvalue weighted by Crippen LogP contribution is 2.26. The van der Waals surface area contributed by atoms with E-state index in [2.05, 4.69) is 19.2 Å². The average Bonchev–Trinajstić information content (AvgIpc) is 2.73. The molecule has 1 aromatic carbocycles. The molecule has 3 rings (SSSR count). The van der Waals surface area contributed by atoms with Gasteiger partial charge in [0.25, 0.3) is 5.91 Å². The Morgan fingerprint density at radius 1 is 1.11 bits per heavy atom. The normalized spacial score (nSPS) is 18.9. The molecule has 1 saturated carbocycles. The van der Waals surface area contributed by atoms with Gasteiger partial charge in [0.2, 0.25) is 5.91 Å². The summed E-state index contributed by atoms with van der Waals surface area (Å²) >= 11 is 0. The monoisotopic (exact) mass is 386 g/mol. The van der Waals surface area contributed by atoms with E-state index in [4.69, 9.17) is 4.74 Å². The number of nitrogens with one attached hydrogen (secondary N) is 1. The largest absolute Gasteiger partial charge is 0.493 e. The Balaban J connectivity index is 1.47. The number of benzene rings is 1. The first-order valence-electron chi connectivity index (χ1n) is 10.9. The van der Waals surface area contributed by atoms with Crippen LogP contribution in [0.15, 0.2) is 24.3 Å². The minimum Gasteiger partial charge on any atom is -0.493 e. The van der Waals surface area contributed by atoms with Crippen molar-refractivity contribution in [1.29, 1.82) is 0 Å². The molecule has 0 aromatic heterocycles. The smallest absolute Gasteiger partial charge is 0.251 e. The molecule has 5 heteroatoms. The first-order valence-corrected chi connectivity index (χ1v) is 10.9. The molecular weight excluding hydrogens is 352 g/mol. The molecule has 5 nitrogen and oxygen atoms in total. The molecule has 2 amide bonds. The minimum absolute atomic E-state index is 0.0629. The standard InChI is InChI=1S/C23H34N2O3/c1-17(2)16-28-21-10-6-9-19(15-21)22(26)24-20-11-13-25(14-12-20)23(27)18-7-4-3-5-8-18/h6,9-10,15,17-18,20H,3-5,7-8,11-14,16H2,1-2H3,(H,24,26). The van der Waals surface area contributed by atoms with Crippen molar-refractivity contribution >= 4 is 11.8 Å². The highest BCUT2D eigenvalue weighted by atomic mass is 16.5. The topological polar surface area (TPSA) is 58.6 Å². The van der Waals surface area contributed by atoms with Crippen molar-refractivity contribution in [3.8, 4) is 5.75 Å². The molecule has 1 aliphatic heterocycles. The van der Waals surface area contributed by atoms with Crippen LogP contribution in [0.25, 0.3) is 0 Å². The van der Waals surface area contributed by atoms with E-state index in [1.165, 1.54) is 19.3 Å². The average molecular weight is 387 g/mol. The molecular formula is C23H34N2O3. The summed E-state index contributed by atoms with van der Waals surface area (Å²) in [7, 11) is 0. The van der Waals surface area contributed by atoms with E-state index in [1.807, 2.05) is 23.1 Å². The van der Waals surface area contributed by atoms with Crippen molar-refractivity contribution in [2.45, 2.75) is 64.8 Å². The van der Waals surface area contributed by atoms with Gasteiger partial charge in [-0.15, -0.1) is 0 Å². The molecule has 0 spiro atoms. The van der Waals surface area contributed by atoms with Gasteiger partial charge in [-0.3, -0.25) is 9.59 Å². The van der Waals surface area contributed by atoms with Crippen LogP contribution in [0, 0.1) is 11.8 Å². The fourth-order valence-electron chi connectivity index (χ4n) is 4.11. The van der Waals surface area contributed by atoms with Crippen LogP contribution in [0.1, 0.15) is 69.2 Å². The van der Waals surface area contributed by atoms with Crippen LogP contribution >= 0.6 is 0 Å². The number of carbonyl (C=O) groups excluding carboxylic acids is 2. The Kier molecular flexibility index (Phi) is 7.35. The Hall–Kier alpha value is -2.04. The highest BCUT2D eigenvalue weighted by Gasteiger charge is 2.29. The van der Waals surface area contributed by atoms with E-state index < -0.39 is 0 Å². The van der Waals surface area contributed by atoms with Crippen molar-refractivity contribution in [2.75, 3.05) is 19.7 Å². The molecule has 1 N–H and O–H groups in total. The lowest BCUT2D eigenvalue weighted by Crippen LogP contribution is -2.48. The predicted molar refractivity (Wildman–Crippen MR) is 110 cm³/mol. The third-order valence-corrected chi connectivity index (χ3v) is 5.78. The second-order valence-corrected chi connectivity index (χ2v) is 8.64. The number of amides is 2. The minimum atomic E-state index is -0.0629. The number of likely N-dealkylation sites (tertiary alicyclic amines) is 1. The maximum absolute atomic E-state index is 12.7. The number of nitrogens with zero attached hydrogens (tertiary/aromatic N) is 1. The predicted octanol–water partition coefficient (Wildman–Crippen LogP) is 4.02. The summed E-state index contributed by atoms with van der Waals surface area (Å²) < 4.78 is 5.72. The van der Waals surface area contributed by atoms with Gasteiger partial charge in [-0.2, -0.15) is 0 Å². The first kappa shape index (κ1) is 20.7. The van der Waals surface area contributed by atoms with Gasteiger partial charge in [-0.05, 0) is 49.8 Å². The van der Waals surface area contributed by atoms with Crippen LogP contribution < -0.4 is 10.1 Å². The Morgan fingerprint density at radius 2 is 1.82 bits per heavy atom. The fourth-order valence-corrected chi connectivity index (χ4v) is 4.11. The first-order chi connectivity index (χ1) is 13.5. The second kappa shape index (κ2) is 9.94. The molecule has 1 aliphatic carbocycles. The third-order valence-electron chi connectivity index (χ3n) is 5.78. The molecule has 2 fully saturated rings. The zero-order chi connectivity index (χ0) is 19.9. The molecule has 0 bridgehead atoms. The lowest BCUT2D eigenvalue weighted by atomic mass is 9.87. The summed E-state index contributed by atoms with van der Waals surface area (Å²) in [5.41, 5.74) is 0.627. The van der Waals surface area contributed by atoms with E-state index in [9.17, 15) is 9.59 Å². The molecule has 28 heavy (non-hydrogen) atoms. The Morgan fingerprint density at radius 3 is 2.50 bits per heavy atom. The zero-order valence-electron chi connectivity index (χ0n) is 17.3. The van der Waals surface area contributed by atoms with Crippen LogP contribution in [0.5, 0.6) is 5.75 Å². The second-order valence-electron chi connectivity index (χ2n) is 8.64. The van der Waals surface area contributed by atoms with Crippen LogP contribution in [-0.4, -0.2) is 42.5 Å². The van der Waals surface area contributed by atoms with E-state index in [1.54, 1.807) is 6.07 Å². The van der Waals surface area contributed by atoms with Crippen LogP contribution in [-0.2, 0) is 4.79 Å². The zero-order valence-corrected chi connectivity index (χ0v) is 17.3. The van der Waals surface area contributed by atoms with Crippen LogP contribution in [0.4, 0.5) is 0 Å². The fraction of sp³-hybridized carbons (Fsp3) is 0.652. The number of piperidine rings is 1. The molecule has 0 unspecified atom stereocenters. The van der Waals surface area contributed by atoms with Crippen molar-refractivity contribution < 1.29 is 14.3 Å². The Bertz CT molecular complexity index is 660. The molecule has 2 aliphatic rings. The number of ether oxygens (including phenoxy) is 1. The third kappa shape index (κ3) is 5.73. The quantitative estimate of drug-likeness (QED) is 0.803. The van der Waals surface area contributed by atoms with Gasteiger partial charge >= 0.3 is 0 Å². The van der Waals surface area contributed by atoms with Crippen molar-refractivity contribution in [3.63, 3.8) is 0 Å². The van der Waals surface area contributed by atoms with Gasteiger partial charge in [0.1, 0.15) is 5.75 Å². The highest BCUT2D eigenvalue weighted by molar-refractivity contribution is 5.94. The lowest BCUT2D eigenvalue weighted by Gasteiger charge is -2.35. The SMILES string of the molecule is CC(C)COc1cccc(C(=O)NC2CCN(C(=O)C3CCCCC3)CC2)c1. The van der Waals surface area contributed by atoms with Crippen molar-refractivity contribution in [3.05, 3.63) is 29.8 Å². The molecule has 0 atom stereocenters. The van der Waals surface area contributed by atoms with Gasteiger partial charge in [0.05, 0.1) is 6.61 Å². The molecule has 1 heterocycles. The van der Waals surface area contributed by atoms with Gasteiger partial charge in [-0.1, -0.05) is 39.2 Å². The summed E-state index contributed by atoms with van der Waals surface area (Å²) in [6, 6.07) is 7.49. The maximum atomic E-state index is 12.7. The summed E-state index contributed by atoms with van der Waals surface area (Å²) in [6.07, 6.45) is 7.38. The van der Waals surface area contributed by atoms with E-state index in [0.717, 1.165) is 44.5 Å². The van der Waals surface area contributed by atoms with Crippen LogP contribution in [0.3, 0.4) is 0 Å². The summed E-state index contributed by atoms with van der Waals surface area (Å²) in [6.45, 7) is 6.33. The van der Waals surface area contributed by atoms with Gasteiger partial charge in [0.15, 0.2) is 0 Å². The van der Waals surface area contributed by atoms with E-state index in [-0.39, 0.29) is 17.9 Å². The maximum Gasteiger partial charge on any atom is 0.251 e. The van der Waals surface area contributed by atoms with Crippen molar-refractivity contribution in [2.24, 2.45) is 11.8 Å². The molecule has 154 valence electrons. The van der Waals surface area contributed by atoms with Crippen LogP contribution in [0.2, 0.25) is 0 Å². The van der Waals surface area contributed by atoms with Crippen molar-refractivity contribution in [1.82, 2.24) is 10.2 Å². The van der Waals surface area contributed by atoms with E-state index >= 15 is 0 Å². The number of hydrogen-bond acceptors (Lipinski definition) is 3. The van der Waals surface area contributed by atoms with Gasteiger partial charge < -0.3 is 15.0 Å². The summed E-state index contributed by atoms with van der Waals surface area (Å²) in [4.78, 5) is 27.3. The summed E-state index contributed by atoms with van der Waals surface area (Å²) in [5.74, 6) is 1.67. The van der Waals surface area contributed by atoms with E-state index in [0.29, 0.717) is 24.0 Å². The molecule has 0 radical (unpaired) electrons.